The maximum absolute atomic E-state index is 6.46. The van der Waals surface area contributed by atoms with Gasteiger partial charge in [-0.25, -0.2) is 0 Å². The van der Waals surface area contributed by atoms with E-state index < -0.39 is 0 Å². The molecule has 0 fully saturated rings. The van der Waals surface area contributed by atoms with Crippen LogP contribution in [-0.2, 0) is 20.7 Å². The topological polar surface area (TPSA) is 27.3 Å². The van der Waals surface area contributed by atoms with Crippen molar-refractivity contribution in [1.82, 2.24) is 4.68 Å². The molecule has 0 aliphatic rings. The Kier molecular flexibility index (Phi) is 5.34. The number of aromatic nitrogens is 2. The van der Waals surface area contributed by atoms with Crippen LogP contribution in [-0.4, -0.2) is 11.8 Å². The minimum atomic E-state index is 0.480. The highest BCUT2D eigenvalue weighted by Gasteiger charge is 2.30. The Balaban J connectivity index is 1.79. The van der Waals surface area contributed by atoms with Crippen molar-refractivity contribution in [2.75, 3.05) is 7.11 Å². The van der Waals surface area contributed by atoms with Crippen LogP contribution >= 0.6 is 0 Å². The lowest BCUT2D eigenvalue weighted by molar-refractivity contribution is -0.740. The maximum atomic E-state index is 6.46. The molecule has 0 atom stereocenters. The van der Waals surface area contributed by atoms with E-state index in [9.17, 15) is 0 Å². The van der Waals surface area contributed by atoms with E-state index in [0.29, 0.717) is 6.61 Å². The highest BCUT2D eigenvalue weighted by Crippen LogP contribution is 2.37. The minimum Gasteiger partial charge on any atom is -0.497 e. The first-order valence-corrected chi connectivity index (χ1v) is 9.64. The second kappa shape index (κ2) is 8.23. The maximum Gasteiger partial charge on any atom is 0.280 e. The number of benzene rings is 3. The summed E-state index contributed by atoms with van der Waals surface area (Å²) in [6.45, 7) is 0.480. The Morgan fingerprint density at radius 1 is 0.793 bits per heavy atom. The molecule has 0 radical (unpaired) electrons. The zero-order chi connectivity index (χ0) is 20.2. The minimum absolute atomic E-state index is 0.480. The Morgan fingerprint density at radius 2 is 1.38 bits per heavy atom. The third kappa shape index (κ3) is 3.74. The van der Waals surface area contributed by atoms with E-state index in [2.05, 4.69) is 72.0 Å². The predicted molar refractivity (Wildman–Crippen MR) is 115 cm³/mol. The molecule has 0 N–H and O–H groups in total. The summed E-state index contributed by atoms with van der Waals surface area (Å²) in [5, 5.41) is 0. The van der Waals surface area contributed by atoms with Crippen LogP contribution in [0.25, 0.3) is 22.5 Å². The predicted octanol–water partition coefficient (Wildman–Crippen LogP) is 4.77. The number of hydrogen-bond acceptors (Lipinski definition) is 2. The molecule has 0 saturated carbocycles. The van der Waals surface area contributed by atoms with Crippen molar-refractivity contribution in [3.8, 4) is 34.0 Å². The zero-order valence-electron chi connectivity index (χ0n) is 17.0. The standard InChI is InChI=1S/C25H25N2O2/c1-26-23(20-10-6-4-7-11-20)25(24(27(26)2)21-12-8-5-9-13-21)29-18-19-14-16-22(28-3)17-15-19/h4-17H,18H2,1-3H3/q+1. The lowest BCUT2D eigenvalue weighted by Crippen LogP contribution is -2.39. The summed E-state index contributed by atoms with van der Waals surface area (Å²) in [5.41, 5.74) is 5.45. The fourth-order valence-electron chi connectivity index (χ4n) is 3.55. The fraction of sp³-hybridized carbons (Fsp3) is 0.160. The van der Waals surface area contributed by atoms with Crippen LogP contribution in [0.2, 0.25) is 0 Å². The van der Waals surface area contributed by atoms with E-state index in [1.165, 1.54) is 0 Å². The second-order valence-electron chi connectivity index (χ2n) is 6.94. The highest BCUT2D eigenvalue weighted by molar-refractivity contribution is 5.76. The smallest absolute Gasteiger partial charge is 0.280 e. The van der Waals surface area contributed by atoms with Gasteiger partial charge in [0.1, 0.15) is 12.4 Å². The van der Waals surface area contributed by atoms with Gasteiger partial charge >= 0.3 is 0 Å². The first-order valence-electron chi connectivity index (χ1n) is 9.64. The van der Waals surface area contributed by atoms with E-state index in [1.807, 2.05) is 36.4 Å². The molecule has 29 heavy (non-hydrogen) atoms. The van der Waals surface area contributed by atoms with E-state index in [4.69, 9.17) is 9.47 Å². The van der Waals surface area contributed by atoms with Crippen molar-refractivity contribution >= 4 is 0 Å². The summed E-state index contributed by atoms with van der Waals surface area (Å²) in [4.78, 5) is 0. The van der Waals surface area contributed by atoms with Crippen molar-refractivity contribution in [2.45, 2.75) is 6.61 Å². The second-order valence-corrected chi connectivity index (χ2v) is 6.94. The molecule has 0 spiro atoms. The molecule has 146 valence electrons. The van der Waals surface area contributed by atoms with Gasteiger partial charge in [0.15, 0.2) is 12.7 Å². The van der Waals surface area contributed by atoms with Crippen molar-refractivity contribution in [2.24, 2.45) is 14.1 Å². The Labute approximate surface area is 171 Å². The number of rotatable bonds is 6. The fourth-order valence-corrected chi connectivity index (χ4v) is 3.55. The molecule has 0 amide bonds. The van der Waals surface area contributed by atoms with Gasteiger partial charge in [-0.3, -0.25) is 0 Å². The number of methoxy groups -OCH3 is 1. The van der Waals surface area contributed by atoms with E-state index in [1.54, 1.807) is 7.11 Å². The lowest BCUT2D eigenvalue weighted by atomic mass is 10.1. The average molecular weight is 385 g/mol. The van der Waals surface area contributed by atoms with E-state index >= 15 is 0 Å². The first-order chi connectivity index (χ1) is 14.2. The third-order valence-electron chi connectivity index (χ3n) is 5.16. The van der Waals surface area contributed by atoms with Crippen molar-refractivity contribution in [3.63, 3.8) is 0 Å². The Morgan fingerprint density at radius 3 is 1.97 bits per heavy atom. The van der Waals surface area contributed by atoms with Gasteiger partial charge in [0.05, 0.1) is 19.7 Å². The van der Waals surface area contributed by atoms with Crippen LogP contribution in [0.15, 0.2) is 84.9 Å². The molecular formula is C25H25N2O2+. The van der Waals surface area contributed by atoms with Crippen molar-refractivity contribution in [1.29, 1.82) is 0 Å². The van der Waals surface area contributed by atoms with E-state index in [-0.39, 0.29) is 0 Å². The normalized spacial score (nSPS) is 10.7. The summed E-state index contributed by atoms with van der Waals surface area (Å²) < 4.78 is 16.0. The molecule has 1 heterocycles. The van der Waals surface area contributed by atoms with E-state index in [0.717, 1.165) is 39.6 Å². The number of nitrogens with zero attached hydrogens (tertiary/aromatic N) is 2. The highest BCUT2D eigenvalue weighted by atomic mass is 16.5. The third-order valence-corrected chi connectivity index (χ3v) is 5.16. The molecule has 4 heteroatoms. The molecule has 0 aliphatic carbocycles. The van der Waals surface area contributed by atoms with Crippen LogP contribution in [0.5, 0.6) is 11.5 Å². The SMILES string of the molecule is COc1ccc(COc2c(-c3ccccc3)n(C)[n+](C)c2-c2ccccc2)cc1. The average Bonchev–Trinajstić information content (AvgIpc) is 3.03. The van der Waals surface area contributed by atoms with Crippen LogP contribution in [0.1, 0.15) is 5.56 Å². The molecule has 3 aromatic carbocycles. The monoisotopic (exact) mass is 385 g/mol. The van der Waals surface area contributed by atoms with Gasteiger partial charge < -0.3 is 9.47 Å². The Bertz CT molecular complexity index is 1020. The summed E-state index contributed by atoms with van der Waals surface area (Å²) in [6, 6.07) is 28.7. The molecule has 0 unspecified atom stereocenters. The molecule has 0 saturated heterocycles. The number of ether oxygens (including phenoxy) is 2. The zero-order valence-corrected chi connectivity index (χ0v) is 17.0. The van der Waals surface area contributed by atoms with Gasteiger partial charge in [0.2, 0.25) is 5.75 Å². The van der Waals surface area contributed by atoms with Gasteiger partial charge in [-0.1, -0.05) is 60.7 Å². The van der Waals surface area contributed by atoms with Crippen molar-refractivity contribution in [3.05, 3.63) is 90.5 Å². The molecule has 1 aromatic heterocycles. The van der Waals surface area contributed by atoms with Crippen molar-refractivity contribution < 1.29 is 14.2 Å². The molecule has 0 aliphatic heterocycles. The molecule has 4 aromatic rings. The Hall–Kier alpha value is -3.53. The largest absolute Gasteiger partial charge is 0.497 e. The molecule has 4 rings (SSSR count). The molecule has 0 bridgehead atoms. The number of hydrogen-bond donors (Lipinski definition) is 0. The van der Waals surface area contributed by atoms with Gasteiger partial charge in [0.25, 0.3) is 5.69 Å². The van der Waals surface area contributed by atoms with Gasteiger partial charge in [-0.05, 0) is 29.8 Å². The molecular weight excluding hydrogens is 360 g/mol. The van der Waals surface area contributed by atoms with Gasteiger partial charge in [0, 0.05) is 5.56 Å². The summed E-state index contributed by atoms with van der Waals surface area (Å²) in [6.07, 6.45) is 0. The lowest BCUT2D eigenvalue weighted by Gasteiger charge is -2.08. The van der Waals surface area contributed by atoms with Gasteiger partial charge in [-0.15, -0.1) is 4.68 Å². The summed E-state index contributed by atoms with van der Waals surface area (Å²) in [5.74, 6) is 1.72. The van der Waals surface area contributed by atoms with Crippen LogP contribution < -0.4 is 14.2 Å². The summed E-state index contributed by atoms with van der Waals surface area (Å²) >= 11 is 0. The molecule has 4 nitrogen and oxygen atoms in total. The van der Waals surface area contributed by atoms with Crippen LogP contribution in [0.3, 0.4) is 0 Å². The quantitative estimate of drug-likeness (QED) is 0.447. The van der Waals surface area contributed by atoms with Gasteiger partial charge in [-0.2, -0.15) is 4.68 Å². The van der Waals surface area contributed by atoms with Crippen LogP contribution in [0.4, 0.5) is 0 Å². The van der Waals surface area contributed by atoms with Crippen LogP contribution in [0, 0.1) is 0 Å². The summed E-state index contributed by atoms with van der Waals surface area (Å²) in [7, 11) is 5.80. The first kappa shape index (κ1) is 18.8.